The van der Waals surface area contributed by atoms with E-state index >= 15 is 0 Å². The van der Waals surface area contributed by atoms with Crippen molar-refractivity contribution in [3.05, 3.63) is 28.8 Å². The molecule has 1 amide bonds. The van der Waals surface area contributed by atoms with E-state index in [4.69, 9.17) is 16.3 Å². The number of anilines is 1. The van der Waals surface area contributed by atoms with Gasteiger partial charge in [-0.15, -0.1) is 0 Å². The van der Waals surface area contributed by atoms with Gasteiger partial charge in [0.15, 0.2) is 0 Å². The number of ether oxygens (including phenoxy) is 1. The molecule has 2 N–H and O–H groups in total. The minimum absolute atomic E-state index is 0.0934. The van der Waals surface area contributed by atoms with Gasteiger partial charge in [-0.2, -0.15) is 0 Å². The fraction of sp³-hybridized carbons (Fsp3) is 0.500. The molecule has 1 aromatic carbocycles. The van der Waals surface area contributed by atoms with Crippen LogP contribution in [0.15, 0.2) is 18.2 Å². The molecule has 1 aromatic rings. The molecule has 1 heterocycles. The van der Waals surface area contributed by atoms with E-state index in [0.717, 1.165) is 31.5 Å². The lowest BCUT2D eigenvalue weighted by molar-refractivity contribution is -0.123. The summed E-state index contributed by atoms with van der Waals surface area (Å²) in [5, 5.41) is 6.69. The van der Waals surface area contributed by atoms with Crippen molar-refractivity contribution in [1.82, 2.24) is 5.32 Å². The van der Waals surface area contributed by atoms with Crippen molar-refractivity contribution in [2.75, 3.05) is 25.0 Å². The van der Waals surface area contributed by atoms with Gasteiger partial charge in [0.05, 0.1) is 6.10 Å². The van der Waals surface area contributed by atoms with E-state index in [0.29, 0.717) is 10.7 Å². The number of rotatable bonds is 4. The fourth-order valence-corrected chi connectivity index (χ4v) is 2.20. The number of hydrogen-bond donors (Lipinski definition) is 2. The SMILES string of the molecule is Cc1ccc(NC(=O)COC2CCNCC2)cc1Cl. The smallest absolute Gasteiger partial charge is 0.250 e. The highest BCUT2D eigenvalue weighted by Crippen LogP contribution is 2.19. The highest BCUT2D eigenvalue weighted by Gasteiger charge is 2.14. The molecule has 4 nitrogen and oxygen atoms in total. The van der Waals surface area contributed by atoms with E-state index in [1.807, 2.05) is 19.1 Å². The number of carbonyl (C=O) groups is 1. The monoisotopic (exact) mass is 282 g/mol. The Morgan fingerprint density at radius 1 is 1.47 bits per heavy atom. The van der Waals surface area contributed by atoms with Crippen LogP contribution in [0.4, 0.5) is 5.69 Å². The Morgan fingerprint density at radius 3 is 2.89 bits per heavy atom. The van der Waals surface area contributed by atoms with E-state index in [1.165, 1.54) is 0 Å². The number of piperidine rings is 1. The lowest BCUT2D eigenvalue weighted by atomic mass is 10.1. The molecule has 0 spiro atoms. The maximum absolute atomic E-state index is 11.8. The first-order chi connectivity index (χ1) is 9.15. The first kappa shape index (κ1) is 14.3. The number of hydrogen-bond acceptors (Lipinski definition) is 3. The first-order valence-corrected chi connectivity index (χ1v) is 6.91. The quantitative estimate of drug-likeness (QED) is 0.891. The average Bonchev–Trinajstić information content (AvgIpc) is 2.42. The Morgan fingerprint density at radius 2 is 2.21 bits per heavy atom. The second kappa shape index (κ2) is 6.89. The van der Waals surface area contributed by atoms with Gasteiger partial charge < -0.3 is 15.4 Å². The molecule has 19 heavy (non-hydrogen) atoms. The Labute approximate surface area is 118 Å². The van der Waals surface area contributed by atoms with Crippen LogP contribution >= 0.6 is 11.6 Å². The number of amides is 1. The largest absolute Gasteiger partial charge is 0.368 e. The van der Waals surface area contributed by atoms with E-state index in [2.05, 4.69) is 10.6 Å². The van der Waals surface area contributed by atoms with Crippen molar-refractivity contribution in [2.24, 2.45) is 0 Å². The van der Waals surface area contributed by atoms with E-state index in [9.17, 15) is 4.79 Å². The van der Waals surface area contributed by atoms with Crippen LogP contribution in [-0.4, -0.2) is 31.7 Å². The number of halogens is 1. The lowest BCUT2D eigenvalue weighted by Gasteiger charge is -2.22. The standard InChI is InChI=1S/C14H19ClN2O2/c1-10-2-3-11(8-13(10)15)17-14(18)9-19-12-4-6-16-7-5-12/h2-3,8,12,16H,4-7,9H2,1H3,(H,17,18). The third-order valence-corrected chi connectivity index (χ3v) is 3.60. The molecule has 104 valence electrons. The molecule has 1 aliphatic rings. The van der Waals surface area contributed by atoms with Crippen molar-refractivity contribution in [3.63, 3.8) is 0 Å². The van der Waals surface area contributed by atoms with Crippen molar-refractivity contribution < 1.29 is 9.53 Å². The lowest BCUT2D eigenvalue weighted by Crippen LogP contribution is -2.34. The first-order valence-electron chi connectivity index (χ1n) is 6.53. The van der Waals surface area contributed by atoms with Crippen LogP contribution in [0, 0.1) is 6.92 Å². The maximum atomic E-state index is 11.8. The van der Waals surface area contributed by atoms with Gasteiger partial charge in [-0.05, 0) is 50.6 Å². The fourth-order valence-electron chi connectivity index (χ4n) is 2.02. The predicted octanol–water partition coefficient (Wildman–Crippen LogP) is 2.36. The molecule has 5 heteroatoms. The zero-order chi connectivity index (χ0) is 13.7. The third kappa shape index (κ3) is 4.49. The molecular formula is C14H19ClN2O2. The van der Waals surface area contributed by atoms with E-state index < -0.39 is 0 Å². The van der Waals surface area contributed by atoms with Crippen molar-refractivity contribution in [2.45, 2.75) is 25.9 Å². The molecule has 2 rings (SSSR count). The Bertz CT molecular complexity index is 445. The summed E-state index contributed by atoms with van der Waals surface area (Å²) in [7, 11) is 0. The van der Waals surface area contributed by atoms with Gasteiger partial charge in [-0.25, -0.2) is 0 Å². The van der Waals surface area contributed by atoms with Gasteiger partial charge in [-0.3, -0.25) is 4.79 Å². The van der Waals surface area contributed by atoms with Gasteiger partial charge in [0, 0.05) is 10.7 Å². The molecule has 0 aromatic heterocycles. The normalized spacial score (nSPS) is 16.3. The van der Waals surface area contributed by atoms with Crippen molar-refractivity contribution in [3.8, 4) is 0 Å². The minimum Gasteiger partial charge on any atom is -0.368 e. The van der Waals surface area contributed by atoms with Gasteiger partial charge in [-0.1, -0.05) is 17.7 Å². The number of aryl methyl sites for hydroxylation is 1. The van der Waals surface area contributed by atoms with Crippen LogP contribution in [0.1, 0.15) is 18.4 Å². The number of nitrogens with one attached hydrogen (secondary N) is 2. The Kier molecular flexibility index (Phi) is 5.19. The van der Waals surface area contributed by atoms with Gasteiger partial charge in [0.25, 0.3) is 0 Å². The molecular weight excluding hydrogens is 264 g/mol. The number of benzene rings is 1. The predicted molar refractivity (Wildman–Crippen MR) is 76.7 cm³/mol. The van der Waals surface area contributed by atoms with Crippen LogP contribution < -0.4 is 10.6 Å². The second-order valence-corrected chi connectivity index (χ2v) is 5.18. The average molecular weight is 283 g/mol. The summed E-state index contributed by atoms with van der Waals surface area (Å²) >= 11 is 6.01. The van der Waals surface area contributed by atoms with Crippen LogP contribution in [0.3, 0.4) is 0 Å². The summed E-state index contributed by atoms with van der Waals surface area (Å²) in [5.74, 6) is -0.140. The molecule has 0 bridgehead atoms. The zero-order valence-corrected chi connectivity index (χ0v) is 11.8. The summed E-state index contributed by atoms with van der Waals surface area (Å²) in [6, 6.07) is 5.47. The third-order valence-electron chi connectivity index (χ3n) is 3.19. The van der Waals surface area contributed by atoms with Gasteiger partial charge in [0.2, 0.25) is 5.91 Å². The molecule has 1 fully saturated rings. The van der Waals surface area contributed by atoms with Crippen LogP contribution in [0.5, 0.6) is 0 Å². The highest BCUT2D eigenvalue weighted by molar-refractivity contribution is 6.31. The van der Waals surface area contributed by atoms with Crippen molar-refractivity contribution in [1.29, 1.82) is 0 Å². The topological polar surface area (TPSA) is 50.4 Å². The van der Waals surface area contributed by atoms with E-state index in [-0.39, 0.29) is 18.6 Å². The minimum atomic E-state index is -0.140. The van der Waals surface area contributed by atoms with Crippen molar-refractivity contribution >= 4 is 23.2 Å². The van der Waals surface area contributed by atoms with Crippen LogP contribution in [0.25, 0.3) is 0 Å². The molecule has 0 atom stereocenters. The summed E-state index contributed by atoms with van der Waals surface area (Å²) in [5.41, 5.74) is 1.69. The second-order valence-electron chi connectivity index (χ2n) is 4.77. The summed E-state index contributed by atoms with van der Waals surface area (Å²) < 4.78 is 5.59. The van der Waals surface area contributed by atoms with Gasteiger partial charge >= 0.3 is 0 Å². The zero-order valence-electron chi connectivity index (χ0n) is 11.0. The highest BCUT2D eigenvalue weighted by atomic mass is 35.5. The molecule has 0 saturated carbocycles. The summed E-state index contributed by atoms with van der Waals surface area (Å²) in [6.07, 6.45) is 2.11. The molecule has 1 aliphatic heterocycles. The number of carbonyl (C=O) groups excluding carboxylic acids is 1. The maximum Gasteiger partial charge on any atom is 0.250 e. The van der Waals surface area contributed by atoms with E-state index in [1.54, 1.807) is 6.07 Å². The Hall–Kier alpha value is -1.10. The summed E-state index contributed by atoms with van der Waals surface area (Å²) in [6.45, 7) is 3.93. The molecule has 0 radical (unpaired) electrons. The van der Waals surface area contributed by atoms with Crippen LogP contribution in [-0.2, 0) is 9.53 Å². The Balaban J connectivity index is 1.78. The molecule has 0 unspecified atom stereocenters. The summed E-state index contributed by atoms with van der Waals surface area (Å²) in [4.78, 5) is 11.8. The molecule has 0 aliphatic carbocycles. The van der Waals surface area contributed by atoms with Crippen LogP contribution in [0.2, 0.25) is 5.02 Å². The molecule has 1 saturated heterocycles. The van der Waals surface area contributed by atoms with Gasteiger partial charge in [0.1, 0.15) is 6.61 Å².